The van der Waals surface area contributed by atoms with Crippen molar-refractivity contribution >= 4 is 54.3 Å². The highest BCUT2D eigenvalue weighted by atomic mass is 16.3. The molecular weight excluding hydrogens is 593 g/mol. The van der Waals surface area contributed by atoms with Gasteiger partial charge in [0.05, 0.1) is 12.3 Å². The van der Waals surface area contributed by atoms with Gasteiger partial charge in [-0.25, -0.2) is 0 Å². The van der Waals surface area contributed by atoms with E-state index in [1.165, 1.54) is 0 Å². The van der Waals surface area contributed by atoms with Crippen LogP contribution in [0.5, 0.6) is 0 Å². The average Bonchev–Trinajstić information content (AvgIpc) is 3.62. The lowest BCUT2D eigenvalue weighted by Crippen LogP contribution is -1.93. The van der Waals surface area contributed by atoms with Gasteiger partial charge >= 0.3 is 0 Å². The van der Waals surface area contributed by atoms with E-state index < -0.39 is 18.1 Å². The standard InChI is InChI=1S/C48H30O/c1-2-13-31(14-3-1)32-25-27-33(28-26-32)36-17-6-7-18-37(36)46-38-19-8-10-21-40(38)47(41-22-11-9-20-39(41)46)42-23-12-24-44-48(42)43-29-34-15-4-5-16-35(34)30-45(43)49-44/h1-30H/i1D,2D,3D,6D,7D,13D,14D,17D,18D. The van der Waals surface area contributed by atoms with Crippen molar-refractivity contribution in [2.45, 2.75) is 0 Å². The lowest BCUT2D eigenvalue weighted by molar-refractivity contribution is 0.669. The van der Waals surface area contributed by atoms with E-state index in [9.17, 15) is 2.74 Å². The van der Waals surface area contributed by atoms with Gasteiger partial charge in [-0.2, -0.15) is 0 Å². The Kier molecular flexibility index (Phi) is 4.53. The molecule has 0 saturated carbocycles. The predicted octanol–water partition coefficient (Wildman–Crippen LogP) is 13.7. The number of hydrogen-bond acceptors (Lipinski definition) is 1. The lowest BCUT2D eigenvalue weighted by atomic mass is 9.83. The molecular formula is C48H30O. The van der Waals surface area contributed by atoms with Crippen molar-refractivity contribution in [1.29, 1.82) is 0 Å². The van der Waals surface area contributed by atoms with Gasteiger partial charge < -0.3 is 4.42 Å². The molecule has 0 radical (unpaired) electrons. The van der Waals surface area contributed by atoms with Crippen LogP contribution in [0.4, 0.5) is 0 Å². The molecule has 1 heterocycles. The SMILES string of the molecule is [2H]c1c([2H])c([2H])c(-c2ccc(-c3c([2H])c([2H])c([2H])c([2H])c3-c3c4ccccc4c(-c4cccc5oc6cc7ccccc7cc6c45)c4ccccc34)cc2)c([2H])c1[2H]. The maximum Gasteiger partial charge on any atom is 0.136 e. The van der Waals surface area contributed by atoms with Gasteiger partial charge in [0.2, 0.25) is 0 Å². The molecule has 0 aliphatic rings. The maximum absolute atomic E-state index is 9.46. The third-order valence-electron chi connectivity index (χ3n) is 9.46. The van der Waals surface area contributed by atoms with Crippen LogP contribution in [-0.2, 0) is 0 Å². The van der Waals surface area contributed by atoms with Crippen molar-refractivity contribution in [3.8, 4) is 44.5 Å². The molecule has 9 aromatic carbocycles. The van der Waals surface area contributed by atoms with Gasteiger partial charge in [0.15, 0.2) is 0 Å². The van der Waals surface area contributed by atoms with Crippen molar-refractivity contribution < 1.29 is 16.8 Å². The van der Waals surface area contributed by atoms with E-state index >= 15 is 0 Å². The molecule has 1 nitrogen and oxygen atoms in total. The quantitative estimate of drug-likeness (QED) is 0.176. The number of fused-ring (bicyclic) bond motifs is 6. The van der Waals surface area contributed by atoms with E-state index in [0.29, 0.717) is 22.3 Å². The highest BCUT2D eigenvalue weighted by Crippen LogP contribution is 2.48. The molecule has 0 saturated heterocycles. The molecule has 0 unspecified atom stereocenters. The highest BCUT2D eigenvalue weighted by Gasteiger charge is 2.21. The first-order chi connectivity index (χ1) is 28.0. The minimum Gasteiger partial charge on any atom is -0.456 e. The van der Waals surface area contributed by atoms with Crippen LogP contribution in [0.1, 0.15) is 12.3 Å². The molecule has 0 spiro atoms. The van der Waals surface area contributed by atoms with Gasteiger partial charge in [-0.05, 0) is 95.0 Å². The average molecular weight is 632 g/mol. The number of rotatable bonds is 4. The Morgan fingerprint density at radius 3 is 1.59 bits per heavy atom. The second kappa shape index (κ2) is 11.1. The first-order valence-corrected chi connectivity index (χ1v) is 16.1. The van der Waals surface area contributed by atoms with Crippen LogP contribution in [0.15, 0.2) is 186 Å². The molecule has 228 valence electrons. The summed E-state index contributed by atoms with van der Waals surface area (Å²) in [5.74, 6) is 0. The highest BCUT2D eigenvalue weighted by molar-refractivity contribution is 6.26. The fraction of sp³-hybridized carbons (Fsp3) is 0. The van der Waals surface area contributed by atoms with E-state index in [2.05, 4.69) is 42.5 Å². The Balaban J connectivity index is 1.27. The maximum atomic E-state index is 9.46. The van der Waals surface area contributed by atoms with Crippen molar-refractivity contribution in [2.75, 3.05) is 0 Å². The second-order valence-corrected chi connectivity index (χ2v) is 12.1. The number of furan rings is 1. The molecule has 0 aliphatic carbocycles. The van der Waals surface area contributed by atoms with Crippen LogP contribution in [0.2, 0.25) is 0 Å². The van der Waals surface area contributed by atoms with Crippen molar-refractivity contribution in [2.24, 2.45) is 0 Å². The molecule has 0 atom stereocenters. The number of hydrogen-bond donors (Lipinski definition) is 0. The monoisotopic (exact) mass is 631 g/mol. The first kappa shape index (κ1) is 20.0. The first-order valence-electron chi connectivity index (χ1n) is 20.6. The Morgan fingerprint density at radius 2 is 0.918 bits per heavy atom. The normalized spacial score (nSPS) is 14.2. The van der Waals surface area contributed by atoms with Crippen molar-refractivity contribution in [3.63, 3.8) is 0 Å². The second-order valence-electron chi connectivity index (χ2n) is 12.1. The van der Waals surface area contributed by atoms with Gasteiger partial charge in [-0.15, -0.1) is 0 Å². The third kappa shape index (κ3) is 4.40. The van der Waals surface area contributed by atoms with Crippen molar-refractivity contribution in [1.82, 2.24) is 0 Å². The van der Waals surface area contributed by atoms with Gasteiger partial charge in [0.1, 0.15) is 11.2 Å². The van der Waals surface area contributed by atoms with E-state index in [-0.39, 0.29) is 47.4 Å². The molecule has 49 heavy (non-hydrogen) atoms. The minimum atomic E-state index is -0.478. The zero-order valence-electron chi connectivity index (χ0n) is 35.0. The summed E-state index contributed by atoms with van der Waals surface area (Å²) in [5.41, 5.74) is 5.69. The van der Waals surface area contributed by atoms with E-state index in [0.717, 1.165) is 65.4 Å². The van der Waals surface area contributed by atoms with E-state index in [4.69, 9.17) is 14.0 Å². The third-order valence-corrected chi connectivity index (χ3v) is 9.46. The Hall–Kier alpha value is -6.44. The van der Waals surface area contributed by atoms with Gasteiger partial charge in [-0.3, -0.25) is 0 Å². The summed E-state index contributed by atoms with van der Waals surface area (Å²) >= 11 is 0. The molecule has 0 amide bonds. The fourth-order valence-electron chi connectivity index (χ4n) is 7.32. The predicted molar refractivity (Wildman–Crippen MR) is 208 cm³/mol. The summed E-state index contributed by atoms with van der Waals surface area (Å²) in [4.78, 5) is 0. The van der Waals surface area contributed by atoms with Crippen LogP contribution in [0.3, 0.4) is 0 Å². The van der Waals surface area contributed by atoms with Crippen LogP contribution in [0, 0.1) is 0 Å². The molecule has 0 bridgehead atoms. The van der Waals surface area contributed by atoms with E-state index in [1.54, 1.807) is 24.3 Å². The molecule has 0 N–H and O–H groups in total. The van der Waals surface area contributed by atoms with Gasteiger partial charge in [0.25, 0.3) is 0 Å². The molecule has 0 fully saturated rings. The Bertz CT molecular complexity index is 3300. The molecule has 10 aromatic rings. The Morgan fingerprint density at radius 1 is 0.367 bits per heavy atom. The zero-order valence-corrected chi connectivity index (χ0v) is 26.0. The summed E-state index contributed by atoms with van der Waals surface area (Å²) in [6, 6.07) is 37.9. The Labute approximate surface area is 297 Å². The smallest absolute Gasteiger partial charge is 0.136 e. The van der Waals surface area contributed by atoms with Gasteiger partial charge in [-0.1, -0.05) is 164 Å². The van der Waals surface area contributed by atoms with E-state index in [1.807, 2.05) is 60.7 Å². The largest absolute Gasteiger partial charge is 0.456 e. The topological polar surface area (TPSA) is 13.1 Å². The van der Waals surface area contributed by atoms with Crippen LogP contribution in [0.25, 0.3) is 98.8 Å². The fourth-order valence-corrected chi connectivity index (χ4v) is 7.32. The summed E-state index contributed by atoms with van der Waals surface area (Å²) in [5, 5.41) is 7.55. The summed E-state index contributed by atoms with van der Waals surface area (Å²) in [6.07, 6.45) is 0. The minimum absolute atomic E-state index is 0.0499. The zero-order chi connectivity index (χ0) is 40.1. The molecule has 1 heteroatoms. The van der Waals surface area contributed by atoms with Crippen LogP contribution in [-0.4, -0.2) is 0 Å². The molecule has 0 aliphatic heterocycles. The summed E-state index contributed by atoms with van der Waals surface area (Å²) < 4.78 is 84.3. The van der Waals surface area contributed by atoms with Crippen molar-refractivity contribution in [3.05, 3.63) is 182 Å². The van der Waals surface area contributed by atoms with Crippen LogP contribution >= 0.6 is 0 Å². The lowest BCUT2D eigenvalue weighted by Gasteiger charge is -2.20. The summed E-state index contributed by atoms with van der Waals surface area (Å²) in [7, 11) is 0. The molecule has 10 rings (SSSR count). The number of benzene rings is 9. The molecule has 1 aromatic heterocycles. The van der Waals surface area contributed by atoms with Gasteiger partial charge in [0, 0.05) is 10.8 Å². The van der Waals surface area contributed by atoms with Crippen LogP contribution < -0.4 is 0 Å². The summed E-state index contributed by atoms with van der Waals surface area (Å²) in [6.45, 7) is 0.